The van der Waals surface area contributed by atoms with E-state index in [9.17, 15) is 30.7 Å². The van der Waals surface area contributed by atoms with E-state index < -0.39 is 36.6 Å². The molecule has 0 spiro atoms. The van der Waals surface area contributed by atoms with E-state index in [1.807, 2.05) is 5.32 Å². The molecule has 0 amide bonds. The van der Waals surface area contributed by atoms with Gasteiger partial charge in [-0.1, -0.05) is 11.6 Å². The molecule has 0 heterocycles. The van der Waals surface area contributed by atoms with Crippen molar-refractivity contribution in [3.8, 4) is 0 Å². The summed E-state index contributed by atoms with van der Waals surface area (Å²) in [5.41, 5.74) is -0.319. The van der Waals surface area contributed by atoms with Crippen LogP contribution in [0.5, 0.6) is 0 Å². The molecule has 1 nitrogen and oxygen atoms in total. The number of benzene rings is 1. The first-order valence-electron chi connectivity index (χ1n) is 5.71. The van der Waals surface area contributed by atoms with Gasteiger partial charge in [-0.15, -0.1) is 0 Å². The zero-order chi connectivity index (χ0) is 16.4. The zero-order valence-corrected chi connectivity index (χ0v) is 11.4. The Morgan fingerprint density at radius 1 is 1.10 bits per heavy atom. The zero-order valence-electron chi connectivity index (χ0n) is 10.6. The molecule has 1 aromatic rings. The van der Waals surface area contributed by atoms with Crippen LogP contribution in [0, 0.1) is 11.7 Å². The average molecular weight is 338 g/mol. The lowest BCUT2D eigenvalue weighted by Crippen LogP contribution is -2.51. The number of rotatable bonds is 4. The van der Waals surface area contributed by atoms with E-state index in [1.165, 1.54) is 0 Å². The van der Waals surface area contributed by atoms with Gasteiger partial charge < -0.3 is 5.32 Å². The molecule has 0 aromatic heterocycles. The van der Waals surface area contributed by atoms with Gasteiger partial charge in [0.2, 0.25) is 0 Å². The summed E-state index contributed by atoms with van der Waals surface area (Å²) < 4.78 is 89.4. The Morgan fingerprint density at radius 3 is 2.05 bits per heavy atom. The van der Waals surface area contributed by atoms with Crippen molar-refractivity contribution in [2.75, 3.05) is 7.05 Å². The SMILES string of the molecule is CNC(Cc1cc(Cl)ccc1F)C(C(F)(F)F)C(F)(F)F. The number of alkyl halides is 6. The van der Waals surface area contributed by atoms with E-state index >= 15 is 0 Å². The second-order valence-corrected chi connectivity index (χ2v) is 4.83. The van der Waals surface area contributed by atoms with Gasteiger partial charge in [-0.05, 0) is 37.2 Å². The summed E-state index contributed by atoms with van der Waals surface area (Å²) in [6.45, 7) is 0. The number of likely N-dealkylation sites (N-methyl/N-ethyl adjacent to an activating group) is 1. The highest BCUT2D eigenvalue weighted by molar-refractivity contribution is 6.30. The summed E-state index contributed by atoms with van der Waals surface area (Å²) in [5, 5.41) is 1.99. The first-order valence-corrected chi connectivity index (χ1v) is 6.09. The van der Waals surface area contributed by atoms with Gasteiger partial charge in [-0.3, -0.25) is 0 Å². The maximum Gasteiger partial charge on any atom is 0.402 e. The number of halogens is 8. The Hall–Kier alpha value is -1.02. The van der Waals surface area contributed by atoms with Crippen molar-refractivity contribution in [3.63, 3.8) is 0 Å². The van der Waals surface area contributed by atoms with Gasteiger partial charge in [0.15, 0.2) is 5.92 Å². The molecule has 1 unspecified atom stereocenters. The first kappa shape index (κ1) is 18.0. The molecular formula is C12H11ClF7N. The van der Waals surface area contributed by atoms with Crippen LogP contribution < -0.4 is 5.32 Å². The van der Waals surface area contributed by atoms with Crippen molar-refractivity contribution in [2.45, 2.75) is 24.8 Å². The fourth-order valence-corrected chi connectivity index (χ4v) is 2.16. The Kier molecular flexibility index (Phi) is 5.49. The largest absolute Gasteiger partial charge is 0.402 e. The fourth-order valence-electron chi connectivity index (χ4n) is 1.97. The molecule has 0 bridgehead atoms. The molecule has 1 atom stereocenters. The van der Waals surface area contributed by atoms with Crippen molar-refractivity contribution in [1.82, 2.24) is 5.32 Å². The van der Waals surface area contributed by atoms with E-state index in [0.29, 0.717) is 0 Å². The van der Waals surface area contributed by atoms with E-state index in [0.717, 1.165) is 25.2 Å². The summed E-state index contributed by atoms with van der Waals surface area (Å²) in [4.78, 5) is 0. The van der Waals surface area contributed by atoms with Crippen molar-refractivity contribution < 1.29 is 30.7 Å². The minimum absolute atomic E-state index is 0.0248. The van der Waals surface area contributed by atoms with Crippen LogP contribution in [0.2, 0.25) is 5.02 Å². The van der Waals surface area contributed by atoms with E-state index in [2.05, 4.69) is 0 Å². The Balaban J connectivity index is 3.13. The number of hydrogen-bond acceptors (Lipinski definition) is 1. The van der Waals surface area contributed by atoms with Crippen molar-refractivity contribution in [1.29, 1.82) is 0 Å². The smallest absolute Gasteiger partial charge is 0.316 e. The maximum atomic E-state index is 13.5. The Bertz CT molecular complexity index is 469. The van der Waals surface area contributed by atoms with Crippen molar-refractivity contribution in [3.05, 3.63) is 34.6 Å². The molecule has 1 aromatic carbocycles. The van der Waals surface area contributed by atoms with Gasteiger partial charge >= 0.3 is 12.4 Å². The van der Waals surface area contributed by atoms with Crippen LogP contribution in [0.3, 0.4) is 0 Å². The van der Waals surface area contributed by atoms with Crippen molar-refractivity contribution in [2.24, 2.45) is 5.92 Å². The molecule has 1 rings (SSSR count). The standard InChI is InChI=1S/C12H11ClF7N/c1-21-9(10(11(15,16)17)12(18,19)20)5-6-4-7(13)2-3-8(6)14/h2-4,9-10,21H,5H2,1H3. The van der Waals surface area contributed by atoms with E-state index in [1.54, 1.807) is 0 Å². The highest BCUT2D eigenvalue weighted by Crippen LogP contribution is 2.42. The van der Waals surface area contributed by atoms with Gasteiger partial charge in [0.05, 0.1) is 0 Å². The quantitative estimate of drug-likeness (QED) is 0.805. The minimum atomic E-state index is -5.50. The molecule has 0 aliphatic heterocycles. The summed E-state index contributed by atoms with van der Waals surface area (Å²) in [6.07, 6.45) is -11.8. The summed E-state index contributed by atoms with van der Waals surface area (Å²) in [6, 6.07) is 0.990. The monoisotopic (exact) mass is 337 g/mol. The lowest BCUT2D eigenvalue weighted by molar-refractivity contribution is -0.291. The van der Waals surface area contributed by atoms with Gasteiger partial charge in [0.25, 0.3) is 0 Å². The van der Waals surface area contributed by atoms with Crippen LogP contribution in [0.4, 0.5) is 30.7 Å². The third-order valence-electron chi connectivity index (χ3n) is 2.93. The first-order chi connectivity index (χ1) is 9.46. The van der Waals surface area contributed by atoms with Crippen LogP contribution in [-0.2, 0) is 6.42 Å². The predicted molar refractivity (Wildman–Crippen MR) is 63.6 cm³/mol. The molecule has 0 aliphatic rings. The normalized spacial score (nSPS) is 14.6. The maximum absolute atomic E-state index is 13.5. The molecule has 0 aliphatic carbocycles. The van der Waals surface area contributed by atoms with Gasteiger partial charge in [0.1, 0.15) is 5.82 Å². The lowest BCUT2D eigenvalue weighted by Gasteiger charge is -2.30. The van der Waals surface area contributed by atoms with Gasteiger partial charge in [-0.25, -0.2) is 4.39 Å². The van der Waals surface area contributed by atoms with E-state index in [-0.39, 0.29) is 10.6 Å². The van der Waals surface area contributed by atoms with Crippen molar-refractivity contribution >= 4 is 11.6 Å². The topological polar surface area (TPSA) is 12.0 Å². The van der Waals surface area contributed by atoms with Crippen LogP contribution in [0.25, 0.3) is 0 Å². The van der Waals surface area contributed by atoms with Crippen LogP contribution in [0.15, 0.2) is 18.2 Å². The Labute approximate surface area is 121 Å². The predicted octanol–water partition coefficient (Wildman–Crippen LogP) is 4.35. The summed E-state index contributed by atoms with van der Waals surface area (Å²) in [5.74, 6) is -4.52. The molecule has 21 heavy (non-hydrogen) atoms. The van der Waals surface area contributed by atoms with Crippen LogP contribution >= 0.6 is 11.6 Å². The third kappa shape index (κ3) is 4.74. The highest BCUT2D eigenvalue weighted by atomic mass is 35.5. The van der Waals surface area contributed by atoms with E-state index in [4.69, 9.17) is 11.6 Å². The van der Waals surface area contributed by atoms with Gasteiger partial charge in [-0.2, -0.15) is 26.3 Å². The highest BCUT2D eigenvalue weighted by Gasteiger charge is 2.59. The summed E-state index contributed by atoms with van der Waals surface area (Å²) >= 11 is 5.57. The summed E-state index contributed by atoms with van der Waals surface area (Å²) in [7, 11) is 0.956. The number of nitrogens with one attached hydrogen (secondary N) is 1. The molecule has 0 radical (unpaired) electrons. The molecule has 0 saturated carbocycles. The molecule has 1 N–H and O–H groups in total. The lowest BCUT2D eigenvalue weighted by atomic mass is 9.92. The van der Waals surface area contributed by atoms with Gasteiger partial charge in [0, 0.05) is 11.1 Å². The molecule has 120 valence electrons. The molecule has 9 heteroatoms. The molecule has 0 fully saturated rings. The second kappa shape index (κ2) is 6.39. The third-order valence-corrected chi connectivity index (χ3v) is 3.16. The second-order valence-electron chi connectivity index (χ2n) is 4.40. The Morgan fingerprint density at radius 2 is 1.62 bits per heavy atom. The average Bonchev–Trinajstić information content (AvgIpc) is 2.29. The van der Waals surface area contributed by atoms with Crippen LogP contribution in [0.1, 0.15) is 5.56 Å². The number of hydrogen-bond donors (Lipinski definition) is 1. The minimum Gasteiger partial charge on any atom is -0.316 e. The molecular weight excluding hydrogens is 327 g/mol. The fraction of sp³-hybridized carbons (Fsp3) is 0.500. The van der Waals surface area contributed by atoms with Crippen LogP contribution in [-0.4, -0.2) is 25.4 Å². The molecule has 0 saturated heterocycles.